The highest BCUT2D eigenvalue weighted by Crippen LogP contribution is 2.16. The molecule has 0 fully saturated rings. The van der Waals surface area contributed by atoms with Crippen LogP contribution in [0.25, 0.3) is 0 Å². The normalized spacial score (nSPS) is 15.6. The molecule has 1 aromatic carbocycles. The molecule has 0 saturated carbocycles. The Morgan fingerprint density at radius 1 is 1.31 bits per heavy atom. The van der Waals surface area contributed by atoms with E-state index in [9.17, 15) is 14.0 Å². The predicted molar refractivity (Wildman–Crippen MR) is 55.7 cm³/mol. The van der Waals surface area contributed by atoms with Crippen LogP contribution in [0.2, 0.25) is 0 Å². The summed E-state index contributed by atoms with van der Waals surface area (Å²) in [7, 11) is 0. The summed E-state index contributed by atoms with van der Waals surface area (Å²) < 4.78 is 12.9. The Morgan fingerprint density at radius 2 is 2.06 bits per heavy atom. The van der Waals surface area contributed by atoms with Crippen molar-refractivity contribution in [1.82, 2.24) is 4.90 Å². The van der Waals surface area contributed by atoms with Gasteiger partial charge in [0.25, 0.3) is 11.8 Å². The Hall–Kier alpha value is -1.97. The van der Waals surface area contributed by atoms with Gasteiger partial charge in [0.2, 0.25) is 0 Å². The number of hydrogen-bond acceptors (Lipinski definition) is 2. The van der Waals surface area contributed by atoms with Crippen molar-refractivity contribution in [3.63, 3.8) is 0 Å². The lowest BCUT2D eigenvalue weighted by molar-refractivity contribution is -0.137. The average molecular weight is 219 g/mol. The number of carbonyl (C=O) groups is 2. The zero-order valence-electron chi connectivity index (χ0n) is 8.74. The van der Waals surface area contributed by atoms with Crippen LogP contribution in [0.5, 0.6) is 0 Å². The maximum Gasteiger partial charge on any atom is 0.256 e. The van der Waals surface area contributed by atoms with Crippen molar-refractivity contribution in [3.05, 3.63) is 47.3 Å². The second-order valence-corrected chi connectivity index (χ2v) is 3.69. The van der Waals surface area contributed by atoms with Crippen LogP contribution in [0.3, 0.4) is 0 Å². The number of nitrogens with zero attached hydrogens (tertiary/aromatic N) is 1. The van der Waals surface area contributed by atoms with Gasteiger partial charge in [0.15, 0.2) is 0 Å². The van der Waals surface area contributed by atoms with Crippen LogP contribution in [0, 0.1) is 5.82 Å². The third-order valence-corrected chi connectivity index (χ3v) is 2.42. The predicted octanol–water partition coefficient (Wildman–Crippen LogP) is 1.64. The molecule has 1 aromatic rings. The summed E-state index contributed by atoms with van der Waals surface area (Å²) in [6, 6.07) is 5.86. The summed E-state index contributed by atoms with van der Waals surface area (Å²) in [4.78, 5) is 24.1. The first-order valence-corrected chi connectivity index (χ1v) is 4.86. The molecule has 82 valence electrons. The summed E-state index contributed by atoms with van der Waals surface area (Å²) in [5.74, 6) is -1.03. The molecule has 0 aromatic heterocycles. The summed E-state index contributed by atoms with van der Waals surface area (Å²) in [6.45, 7) is 1.70. The molecule has 2 amide bonds. The maximum atomic E-state index is 12.9. The topological polar surface area (TPSA) is 37.4 Å². The molecular weight excluding hydrogens is 209 g/mol. The minimum absolute atomic E-state index is 0.114. The summed E-state index contributed by atoms with van der Waals surface area (Å²) in [6.07, 6.45) is 1.29. The monoisotopic (exact) mass is 219 g/mol. The second-order valence-electron chi connectivity index (χ2n) is 3.69. The van der Waals surface area contributed by atoms with E-state index in [1.54, 1.807) is 19.1 Å². The third-order valence-electron chi connectivity index (χ3n) is 2.42. The van der Waals surface area contributed by atoms with Crippen molar-refractivity contribution in [2.75, 3.05) is 0 Å². The largest absolute Gasteiger partial charge is 0.271 e. The molecule has 1 aliphatic heterocycles. The van der Waals surface area contributed by atoms with Crippen LogP contribution in [-0.2, 0) is 16.1 Å². The zero-order valence-corrected chi connectivity index (χ0v) is 8.74. The van der Waals surface area contributed by atoms with Gasteiger partial charge in [0, 0.05) is 11.6 Å². The molecule has 4 heteroatoms. The lowest BCUT2D eigenvalue weighted by Gasteiger charge is -2.14. The van der Waals surface area contributed by atoms with E-state index in [1.165, 1.54) is 18.2 Å². The first-order valence-electron chi connectivity index (χ1n) is 4.86. The standard InChI is InChI=1S/C12H10FNO2/c1-8-5-11(15)14(12(8)16)7-9-3-2-4-10(13)6-9/h2-6H,7H2,1H3. The van der Waals surface area contributed by atoms with Gasteiger partial charge in [-0.1, -0.05) is 12.1 Å². The Balaban J connectivity index is 2.18. The fraction of sp³-hybridized carbons (Fsp3) is 0.167. The van der Waals surface area contributed by atoms with Crippen LogP contribution in [0.4, 0.5) is 4.39 Å². The molecular formula is C12H10FNO2. The van der Waals surface area contributed by atoms with Crippen molar-refractivity contribution < 1.29 is 14.0 Å². The molecule has 0 saturated heterocycles. The molecule has 2 rings (SSSR count). The minimum atomic E-state index is -0.374. The van der Waals surface area contributed by atoms with Gasteiger partial charge in [0.1, 0.15) is 5.82 Å². The SMILES string of the molecule is CC1=CC(=O)N(Cc2cccc(F)c2)C1=O. The Morgan fingerprint density at radius 3 is 2.62 bits per heavy atom. The van der Waals surface area contributed by atoms with Gasteiger partial charge in [0.05, 0.1) is 6.54 Å². The quantitative estimate of drug-likeness (QED) is 0.709. The van der Waals surface area contributed by atoms with E-state index >= 15 is 0 Å². The molecule has 0 unspecified atom stereocenters. The zero-order chi connectivity index (χ0) is 11.7. The first-order chi connectivity index (χ1) is 7.58. The Labute approximate surface area is 92.2 Å². The van der Waals surface area contributed by atoms with Gasteiger partial charge in [-0.05, 0) is 24.6 Å². The van der Waals surface area contributed by atoms with Gasteiger partial charge < -0.3 is 0 Å². The second kappa shape index (κ2) is 3.89. The van der Waals surface area contributed by atoms with E-state index in [-0.39, 0.29) is 24.2 Å². The van der Waals surface area contributed by atoms with E-state index < -0.39 is 0 Å². The third kappa shape index (κ3) is 1.86. The molecule has 0 radical (unpaired) electrons. The van der Waals surface area contributed by atoms with E-state index in [0.29, 0.717) is 11.1 Å². The van der Waals surface area contributed by atoms with E-state index in [0.717, 1.165) is 4.90 Å². The van der Waals surface area contributed by atoms with E-state index in [1.807, 2.05) is 0 Å². The fourth-order valence-corrected chi connectivity index (χ4v) is 1.61. The summed E-state index contributed by atoms with van der Waals surface area (Å²) in [5, 5.41) is 0. The van der Waals surface area contributed by atoms with Crippen LogP contribution in [0.1, 0.15) is 12.5 Å². The van der Waals surface area contributed by atoms with E-state index in [4.69, 9.17) is 0 Å². The lowest BCUT2D eigenvalue weighted by Crippen LogP contribution is -2.30. The van der Waals surface area contributed by atoms with Gasteiger partial charge in [-0.2, -0.15) is 0 Å². The van der Waals surface area contributed by atoms with Crippen molar-refractivity contribution >= 4 is 11.8 Å². The van der Waals surface area contributed by atoms with Crippen LogP contribution in [-0.4, -0.2) is 16.7 Å². The number of carbonyl (C=O) groups excluding carboxylic acids is 2. The molecule has 1 heterocycles. The Bertz CT molecular complexity index is 494. The highest BCUT2D eigenvalue weighted by Gasteiger charge is 2.28. The minimum Gasteiger partial charge on any atom is -0.271 e. The van der Waals surface area contributed by atoms with E-state index in [2.05, 4.69) is 0 Å². The average Bonchev–Trinajstić information content (AvgIpc) is 2.45. The van der Waals surface area contributed by atoms with Crippen molar-refractivity contribution in [2.24, 2.45) is 0 Å². The van der Waals surface area contributed by atoms with Gasteiger partial charge in [-0.25, -0.2) is 4.39 Å². The number of rotatable bonds is 2. The van der Waals surface area contributed by atoms with Crippen molar-refractivity contribution in [1.29, 1.82) is 0 Å². The highest BCUT2D eigenvalue weighted by atomic mass is 19.1. The highest BCUT2D eigenvalue weighted by molar-refractivity contribution is 6.15. The smallest absolute Gasteiger partial charge is 0.256 e. The van der Waals surface area contributed by atoms with Crippen LogP contribution >= 0.6 is 0 Å². The molecule has 0 bridgehead atoms. The number of benzene rings is 1. The molecule has 0 spiro atoms. The fourth-order valence-electron chi connectivity index (χ4n) is 1.61. The first kappa shape index (κ1) is 10.5. The van der Waals surface area contributed by atoms with Crippen molar-refractivity contribution in [2.45, 2.75) is 13.5 Å². The number of imide groups is 1. The molecule has 0 aliphatic carbocycles. The molecule has 16 heavy (non-hydrogen) atoms. The van der Waals surface area contributed by atoms with Gasteiger partial charge in [-0.3, -0.25) is 14.5 Å². The van der Waals surface area contributed by atoms with Crippen molar-refractivity contribution in [3.8, 4) is 0 Å². The summed E-state index contributed by atoms with van der Waals surface area (Å²) >= 11 is 0. The van der Waals surface area contributed by atoms with Crippen LogP contribution < -0.4 is 0 Å². The molecule has 1 aliphatic rings. The van der Waals surface area contributed by atoms with Crippen LogP contribution in [0.15, 0.2) is 35.9 Å². The maximum absolute atomic E-state index is 12.9. The van der Waals surface area contributed by atoms with Gasteiger partial charge in [-0.15, -0.1) is 0 Å². The molecule has 0 N–H and O–H groups in total. The molecule has 3 nitrogen and oxygen atoms in total. The Kier molecular flexibility index (Phi) is 2.56. The summed E-state index contributed by atoms with van der Waals surface area (Å²) in [5.41, 5.74) is 1.02. The number of hydrogen-bond donors (Lipinski definition) is 0. The van der Waals surface area contributed by atoms with Gasteiger partial charge >= 0.3 is 0 Å². The lowest BCUT2D eigenvalue weighted by atomic mass is 10.2. The number of halogens is 1. The number of amides is 2. The molecule has 0 atom stereocenters.